The molecule has 0 fully saturated rings. The average Bonchev–Trinajstić information content (AvgIpc) is 2.49. The fraction of sp³-hybridized carbons (Fsp3) is 0.250. The third kappa shape index (κ3) is 2.58. The first kappa shape index (κ1) is 13.6. The van der Waals surface area contributed by atoms with Crippen molar-refractivity contribution in [3.05, 3.63) is 59.2 Å². The maximum Gasteiger partial charge on any atom is 0.159 e. The summed E-state index contributed by atoms with van der Waals surface area (Å²) in [6.45, 7) is 0. The summed E-state index contributed by atoms with van der Waals surface area (Å²) >= 11 is 1.42. The van der Waals surface area contributed by atoms with Gasteiger partial charge in [-0.3, -0.25) is 5.14 Å². The molecule has 1 aliphatic carbocycles. The highest BCUT2D eigenvalue weighted by Gasteiger charge is 2.18. The van der Waals surface area contributed by atoms with Crippen LogP contribution in [0, 0.1) is 11.6 Å². The van der Waals surface area contributed by atoms with Gasteiger partial charge in [0, 0.05) is 5.25 Å². The van der Waals surface area contributed by atoms with E-state index < -0.39 is 11.6 Å². The molecule has 104 valence electrons. The van der Waals surface area contributed by atoms with E-state index in [1.165, 1.54) is 35.2 Å². The zero-order chi connectivity index (χ0) is 14.1. The van der Waals surface area contributed by atoms with Gasteiger partial charge in [-0.05, 0) is 53.6 Å². The van der Waals surface area contributed by atoms with Crippen molar-refractivity contribution in [2.24, 2.45) is 5.14 Å². The summed E-state index contributed by atoms with van der Waals surface area (Å²) in [5, 5.41) is 6.13. The highest BCUT2D eigenvalue weighted by Crippen LogP contribution is 2.30. The molecule has 1 nitrogen and oxygen atoms in total. The van der Waals surface area contributed by atoms with Crippen molar-refractivity contribution >= 4 is 11.9 Å². The average molecular weight is 291 g/mol. The van der Waals surface area contributed by atoms with E-state index in [0.717, 1.165) is 24.8 Å². The lowest BCUT2D eigenvalue weighted by molar-refractivity contribution is 0.509. The first-order chi connectivity index (χ1) is 9.67. The van der Waals surface area contributed by atoms with Crippen LogP contribution in [-0.2, 0) is 12.8 Å². The highest BCUT2D eigenvalue weighted by atomic mass is 32.2. The van der Waals surface area contributed by atoms with Gasteiger partial charge in [0.2, 0.25) is 0 Å². The van der Waals surface area contributed by atoms with Gasteiger partial charge in [-0.1, -0.05) is 36.2 Å². The molecular weight excluding hydrogens is 276 g/mol. The number of benzene rings is 2. The minimum Gasteiger partial charge on any atom is -0.278 e. The van der Waals surface area contributed by atoms with Gasteiger partial charge < -0.3 is 0 Å². The van der Waals surface area contributed by atoms with Crippen molar-refractivity contribution in [2.45, 2.75) is 24.5 Å². The van der Waals surface area contributed by atoms with Crippen molar-refractivity contribution in [2.75, 3.05) is 0 Å². The zero-order valence-electron chi connectivity index (χ0n) is 10.9. The molecule has 0 aromatic heterocycles. The van der Waals surface area contributed by atoms with Crippen LogP contribution < -0.4 is 5.14 Å². The van der Waals surface area contributed by atoms with Gasteiger partial charge in [0.15, 0.2) is 11.6 Å². The lowest BCUT2D eigenvalue weighted by atomic mass is 9.89. The zero-order valence-corrected chi connectivity index (χ0v) is 11.7. The Morgan fingerprint density at radius 2 is 1.70 bits per heavy atom. The molecule has 1 atom stereocenters. The smallest absolute Gasteiger partial charge is 0.159 e. The van der Waals surface area contributed by atoms with Gasteiger partial charge in [-0.2, -0.15) is 0 Å². The number of rotatable bonds is 2. The van der Waals surface area contributed by atoms with E-state index >= 15 is 0 Å². The first-order valence-electron chi connectivity index (χ1n) is 6.60. The molecule has 0 saturated carbocycles. The number of nitrogens with two attached hydrogens (primary N) is 1. The Balaban J connectivity index is 1.94. The Bertz CT molecular complexity index is 642. The molecule has 2 N–H and O–H groups in total. The fourth-order valence-electron chi connectivity index (χ4n) is 2.69. The molecule has 0 bridgehead atoms. The van der Waals surface area contributed by atoms with E-state index in [-0.39, 0.29) is 0 Å². The summed E-state index contributed by atoms with van der Waals surface area (Å²) in [6, 6.07) is 10.2. The summed E-state index contributed by atoms with van der Waals surface area (Å²) in [6.07, 6.45) is 3.03. The van der Waals surface area contributed by atoms with Crippen molar-refractivity contribution in [1.82, 2.24) is 0 Å². The molecule has 4 heteroatoms. The Labute approximate surface area is 121 Å². The summed E-state index contributed by atoms with van der Waals surface area (Å²) in [4.78, 5) is 0. The Morgan fingerprint density at radius 1 is 0.950 bits per heavy atom. The van der Waals surface area contributed by atoms with Crippen LogP contribution in [0.5, 0.6) is 0 Å². The number of hydrogen-bond donors (Lipinski definition) is 1. The largest absolute Gasteiger partial charge is 0.278 e. The molecule has 0 radical (unpaired) electrons. The van der Waals surface area contributed by atoms with Crippen LogP contribution in [0.15, 0.2) is 36.4 Å². The van der Waals surface area contributed by atoms with Crippen molar-refractivity contribution in [3.8, 4) is 11.1 Å². The molecule has 1 aliphatic rings. The van der Waals surface area contributed by atoms with Crippen LogP contribution in [0.4, 0.5) is 8.78 Å². The van der Waals surface area contributed by atoms with Gasteiger partial charge in [-0.25, -0.2) is 8.78 Å². The molecule has 0 heterocycles. The third-order valence-electron chi connectivity index (χ3n) is 3.83. The van der Waals surface area contributed by atoms with Crippen molar-refractivity contribution in [1.29, 1.82) is 0 Å². The molecule has 1 unspecified atom stereocenters. The van der Waals surface area contributed by atoms with Gasteiger partial charge >= 0.3 is 0 Å². The maximum absolute atomic E-state index is 13.3. The second-order valence-electron chi connectivity index (χ2n) is 5.11. The SMILES string of the molecule is NSC1CCc2cc(-c3ccc(F)c(F)c3)ccc2C1. The summed E-state index contributed by atoms with van der Waals surface area (Å²) < 4.78 is 26.3. The van der Waals surface area contributed by atoms with Crippen molar-refractivity contribution in [3.63, 3.8) is 0 Å². The molecular formula is C16H15F2NS. The van der Waals surface area contributed by atoms with Crippen LogP contribution in [0.2, 0.25) is 0 Å². The first-order valence-corrected chi connectivity index (χ1v) is 7.54. The second-order valence-corrected chi connectivity index (χ2v) is 6.05. The summed E-state index contributed by atoms with van der Waals surface area (Å²) in [5.74, 6) is -1.62. The molecule has 3 rings (SSSR count). The summed E-state index contributed by atoms with van der Waals surface area (Å²) in [7, 11) is 0. The number of fused-ring (bicyclic) bond motifs is 1. The molecule has 0 spiro atoms. The Kier molecular flexibility index (Phi) is 3.76. The molecule has 20 heavy (non-hydrogen) atoms. The van der Waals surface area contributed by atoms with E-state index in [4.69, 9.17) is 5.14 Å². The highest BCUT2D eigenvalue weighted by molar-refractivity contribution is 7.97. The van der Waals surface area contributed by atoms with Crippen LogP contribution in [-0.4, -0.2) is 5.25 Å². The van der Waals surface area contributed by atoms with Crippen LogP contribution in [0.25, 0.3) is 11.1 Å². The molecule has 0 amide bonds. The third-order valence-corrected chi connectivity index (χ3v) is 4.62. The standard InChI is InChI=1S/C16H15F2NS/c17-15-6-4-13(9-16(15)18)10-1-2-12-8-14(20-19)5-3-11(12)7-10/h1-2,4,6-7,9,14H,3,5,8,19H2. The molecule has 2 aromatic rings. The number of hydrogen-bond acceptors (Lipinski definition) is 2. The van der Waals surface area contributed by atoms with E-state index in [1.807, 2.05) is 6.07 Å². The second kappa shape index (κ2) is 5.54. The van der Waals surface area contributed by atoms with E-state index in [9.17, 15) is 8.78 Å². The topological polar surface area (TPSA) is 26.0 Å². The van der Waals surface area contributed by atoms with Crippen LogP contribution in [0.3, 0.4) is 0 Å². The predicted molar refractivity (Wildman–Crippen MR) is 79.4 cm³/mol. The Hall–Kier alpha value is -1.39. The molecule has 0 aliphatic heterocycles. The van der Waals surface area contributed by atoms with Crippen LogP contribution >= 0.6 is 11.9 Å². The summed E-state index contributed by atoms with van der Waals surface area (Å²) in [5.41, 5.74) is 4.24. The predicted octanol–water partition coefficient (Wildman–Crippen LogP) is 4.10. The van der Waals surface area contributed by atoms with E-state index in [2.05, 4.69) is 12.1 Å². The fourth-order valence-corrected chi connectivity index (χ4v) is 3.22. The lowest BCUT2D eigenvalue weighted by Crippen LogP contribution is -2.17. The van der Waals surface area contributed by atoms with Gasteiger partial charge in [0.05, 0.1) is 0 Å². The molecule has 0 saturated heterocycles. The maximum atomic E-state index is 13.3. The van der Waals surface area contributed by atoms with Gasteiger partial charge in [-0.15, -0.1) is 0 Å². The van der Waals surface area contributed by atoms with E-state index in [1.54, 1.807) is 6.07 Å². The lowest BCUT2D eigenvalue weighted by Gasteiger charge is -2.23. The molecule has 2 aromatic carbocycles. The van der Waals surface area contributed by atoms with Crippen LogP contribution in [0.1, 0.15) is 17.5 Å². The number of halogens is 2. The monoisotopic (exact) mass is 291 g/mol. The quantitative estimate of drug-likeness (QED) is 0.843. The Morgan fingerprint density at radius 3 is 2.45 bits per heavy atom. The normalized spacial score (nSPS) is 17.9. The minimum atomic E-state index is -0.811. The van der Waals surface area contributed by atoms with E-state index in [0.29, 0.717) is 10.8 Å². The van der Waals surface area contributed by atoms with Crippen molar-refractivity contribution < 1.29 is 8.78 Å². The van der Waals surface area contributed by atoms with Gasteiger partial charge in [0.1, 0.15) is 0 Å². The minimum absolute atomic E-state index is 0.483. The number of aryl methyl sites for hydroxylation is 1. The van der Waals surface area contributed by atoms with Gasteiger partial charge in [0.25, 0.3) is 0 Å².